The van der Waals surface area contributed by atoms with Crippen LogP contribution in [-0.4, -0.2) is 28.2 Å². The predicted octanol–water partition coefficient (Wildman–Crippen LogP) is 0.626. The van der Waals surface area contributed by atoms with Crippen molar-refractivity contribution in [2.24, 2.45) is 0 Å². The molecule has 0 saturated carbocycles. The molecule has 0 fully saturated rings. The summed E-state index contributed by atoms with van der Waals surface area (Å²) in [4.78, 5) is 21.9. The van der Waals surface area contributed by atoms with Crippen LogP contribution in [-0.2, 0) is 16.0 Å². The molecule has 1 aromatic rings. The lowest BCUT2D eigenvalue weighted by molar-refractivity contribution is -0.139. The normalized spacial score (nSPS) is 21.4. The maximum Gasteiger partial charge on any atom is 0.303 e. The number of nitrogens with one attached hydrogen (secondary N) is 1. The summed E-state index contributed by atoms with van der Waals surface area (Å²) in [6.07, 6.45) is -0.395. The van der Waals surface area contributed by atoms with Crippen molar-refractivity contribution in [3.63, 3.8) is 0 Å². The smallest absolute Gasteiger partial charge is 0.303 e. The summed E-state index contributed by atoms with van der Waals surface area (Å²) >= 11 is 0. The number of benzene rings is 1. The zero-order valence-electron chi connectivity index (χ0n) is 9.80. The Morgan fingerprint density at radius 2 is 2.00 bits per heavy atom. The summed E-state index contributed by atoms with van der Waals surface area (Å²) in [5.74, 6) is -1.35. The van der Waals surface area contributed by atoms with Crippen molar-refractivity contribution in [1.82, 2.24) is 5.32 Å². The van der Waals surface area contributed by atoms with Crippen molar-refractivity contribution in [3.8, 4) is 0 Å². The van der Waals surface area contributed by atoms with Gasteiger partial charge in [0.1, 0.15) is 0 Å². The third kappa shape index (κ3) is 2.68. The van der Waals surface area contributed by atoms with Crippen molar-refractivity contribution in [3.05, 3.63) is 35.4 Å². The van der Waals surface area contributed by atoms with E-state index in [0.717, 1.165) is 11.1 Å². The van der Waals surface area contributed by atoms with E-state index in [1.807, 2.05) is 24.3 Å². The zero-order valence-corrected chi connectivity index (χ0v) is 9.80. The van der Waals surface area contributed by atoms with E-state index < -0.39 is 18.1 Å². The minimum atomic E-state index is -1.00. The molecule has 2 atom stereocenters. The molecule has 1 aliphatic carbocycles. The Kier molecular flexibility index (Phi) is 3.62. The van der Waals surface area contributed by atoms with Gasteiger partial charge in [-0.3, -0.25) is 9.59 Å². The monoisotopic (exact) mass is 249 g/mol. The van der Waals surface area contributed by atoms with Crippen molar-refractivity contribution < 1.29 is 19.8 Å². The molecule has 0 unspecified atom stereocenters. The summed E-state index contributed by atoms with van der Waals surface area (Å²) < 4.78 is 0. The van der Waals surface area contributed by atoms with Crippen LogP contribution in [0, 0.1) is 0 Å². The number of carboxylic acid groups (broad SMARTS) is 1. The van der Waals surface area contributed by atoms with Gasteiger partial charge in [0, 0.05) is 12.8 Å². The summed E-state index contributed by atoms with van der Waals surface area (Å²) in [6, 6.07) is 7.10. The van der Waals surface area contributed by atoms with E-state index in [9.17, 15) is 14.7 Å². The molecule has 5 nitrogen and oxygen atoms in total. The van der Waals surface area contributed by atoms with Crippen molar-refractivity contribution in [1.29, 1.82) is 0 Å². The zero-order chi connectivity index (χ0) is 13.1. The van der Waals surface area contributed by atoms with Gasteiger partial charge in [0.2, 0.25) is 5.91 Å². The van der Waals surface area contributed by atoms with Gasteiger partial charge < -0.3 is 15.5 Å². The molecule has 96 valence electrons. The maximum absolute atomic E-state index is 11.6. The topological polar surface area (TPSA) is 86.6 Å². The molecule has 0 bridgehead atoms. The molecule has 0 spiro atoms. The highest BCUT2D eigenvalue weighted by atomic mass is 16.4. The summed E-state index contributed by atoms with van der Waals surface area (Å²) in [5.41, 5.74) is 1.93. The molecule has 0 aliphatic heterocycles. The summed E-state index contributed by atoms with van der Waals surface area (Å²) in [5, 5.41) is 21.1. The van der Waals surface area contributed by atoms with E-state index in [4.69, 9.17) is 5.11 Å². The predicted molar refractivity (Wildman–Crippen MR) is 63.9 cm³/mol. The first-order chi connectivity index (χ1) is 8.58. The highest BCUT2D eigenvalue weighted by molar-refractivity contribution is 5.81. The molecule has 1 amide bonds. The highest BCUT2D eigenvalue weighted by Gasteiger charge is 2.31. The number of aliphatic hydroxyl groups excluding tert-OH is 1. The highest BCUT2D eigenvalue weighted by Crippen LogP contribution is 2.31. The molecule has 5 heteroatoms. The minimum Gasteiger partial charge on any atom is -0.481 e. The number of fused-ring (bicyclic) bond motifs is 1. The largest absolute Gasteiger partial charge is 0.481 e. The average Bonchev–Trinajstić information content (AvgIpc) is 2.64. The molecule has 0 aromatic heterocycles. The Balaban J connectivity index is 2.01. The lowest BCUT2D eigenvalue weighted by atomic mass is 10.1. The van der Waals surface area contributed by atoms with Gasteiger partial charge in [0.15, 0.2) is 0 Å². The second-order valence-electron chi connectivity index (χ2n) is 4.41. The first-order valence-electron chi connectivity index (χ1n) is 5.85. The molecular formula is C13H15NO4. The van der Waals surface area contributed by atoms with Crippen LogP contribution in [0.5, 0.6) is 0 Å². The Morgan fingerprint density at radius 3 is 2.72 bits per heavy atom. The van der Waals surface area contributed by atoms with Gasteiger partial charge in [0.25, 0.3) is 0 Å². The second-order valence-corrected chi connectivity index (χ2v) is 4.41. The fourth-order valence-corrected chi connectivity index (χ4v) is 2.21. The Morgan fingerprint density at radius 1 is 1.28 bits per heavy atom. The van der Waals surface area contributed by atoms with Gasteiger partial charge in [-0.2, -0.15) is 0 Å². The van der Waals surface area contributed by atoms with Crippen LogP contribution in [0.2, 0.25) is 0 Å². The maximum atomic E-state index is 11.6. The van der Waals surface area contributed by atoms with E-state index in [1.165, 1.54) is 0 Å². The van der Waals surface area contributed by atoms with Crippen LogP contribution in [0.4, 0.5) is 0 Å². The third-order valence-electron chi connectivity index (χ3n) is 3.09. The lowest BCUT2D eigenvalue weighted by Crippen LogP contribution is -2.33. The van der Waals surface area contributed by atoms with E-state index >= 15 is 0 Å². The number of carboxylic acids is 1. The number of hydrogen-bond acceptors (Lipinski definition) is 3. The first kappa shape index (κ1) is 12.6. The molecule has 2 rings (SSSR count). The molecule has 0 heterocycles. The van der Waals surface area contributed by atoms with Crippen LogP contribution in [0.15, 0.2) is 24.3 Å². The minimum absolute atomic E-state index is 0.0687. The second kappa shape index (κ2) is 5.18. The molecule has 0 saturated heterocycles. The molecule has 1 aromatic carbocycles. The molecule has 0 radical (unpaired) electrons. The van der Waals surface area contributed by atoms with Crippen molar-refractivity contribution in [2.45, 2.75) is 31.4 Å². The average molecular weight is 249 g/mol. The molecule has 3 N–H and O–H groups in total. The van der Waals surface area contributed by atoms with Gasteiger partial charge in [-0.15, -0.1) is 0 Å². The SMILES string of the molecule is O=C(O)CCC(=O)N[C@@H]1c2ccccc2C[C@@H]1O. The van der Waals surface area contributed by atoms with Gasteiger partial charge in [-0.05, 0) is 11.1 Å². The van der Waals surface area contributed by atoms with E-state index in [2.05, 4.69) is 5.32 Å². The van der Waals surface area contributed by atoms with E-state index in [1.54, 1.807) is 0 Å². The quantitative estimate of drug-likeness (QED) is 0.730. The van der Waals surface area contributed by atoms with E-state index in [-0.39, 0.29) is 18.7 Å². The summed E-state index contributed by atoms with van der Waals surface area (Å²) in [6.45, 7) is 0. The number of amides is 1. The number of carbonyl (C=O) groups is 2. The number of aliphatic hydroxyl groups is 1. The van der Waals surface area contributed by atoms with Crippen LogP contribution in [0.3, 0.4) is 0 Å². The molecular weight excluding hydrogens is 234 g/mol. The summed E-state index contributed by atoms with van der Waals surface area (Å²) in [7, 11) is 0. The van der Waals surface area contributed by atoms with Crippen molar-refractivity contribution in [2.75, 3.05) is 0 Å². The Bertz CT molecular complexity index is 472. The van der Waals surface area contributed by atoms with Crippen LogP contribution < -0.4 is 5.32 Å². The van der Waals surface area contributed by atoms with Crippen LogP contribution in [0.1, 0.15) is 30.0 Å². The lowest BCUT2D eigenvalue weighted by Gasteiger charge is -2.17. The van der Waals surface area contributed by atoms with Crippen molar-refractivity contribution >= 4 is 11.9 Å². The van der Waals surface area contributed by atoms with Crippen LogP contribution in [0.25, 0.3) is 0 Å². The Labute approximate surface area is 104 Å². The Hall–Kier alpha value is -1.88. The fraction of sp³-hybridized carbons (Fsp3) is 0.385. The molecule has 18 heavy (non-hydrogen) atoms. The van der Waals surface area contributed by atoms with Gasteiger partial charge in [-0.1, -0.05) is 24.3 Å². The van der Waals surface area contributed by atoms with Gasteiger partial charge in [0.05, 0.1) is 18.6 Å². The number of aliphatic carboxylic acids is 1. The third-order valence-corrected chi connectivity index (χ3v) is 3.09. The fourth-order valence-electron chi connectivity index (χ4n) is 2.21. The standard InChI is InChI=1S/C13H15NO4/c15-10-7-8-3-1-2-4-9(8)13(10)14-11(16)5-6-12(17)18/h1-4,10,13,15H,5-7H2,(H,14,16)(H,17,18)/t10-,13+/m0/s1. The number of hydrogen-bond donors (Lipinski definition) is 3. The first-order valence-corrected chi connectivity index (χ1v) is 5.85. The van der Waals surface area contributed by atoms with E-state index in [0.29, 0.717) is 6.42 Å². The number of rotatable bonds is 4. The van der Waals surface area contributed by atoms with Crippen LogP contribution >= 0.6 is 0 Å². The molecule has 1 aliphatic rings. The number of carbonyl (C=O) groups excluding carboxylic acids is 1. The van der Waals surface area contributed by atoms with Gasteiger partial charge in [-0.25, -0.2) is 0 Å². The van der Waals surface area contributed by atoms with Gasteiger partial charge >= 0.3 is 5.97 Å².